The molecule has 1 aliphatic rings. The highest BCUT2D eigenvalue weighted by atomic mass is 35.5. The maximum Gasteiger partial charge on any atom is 0.251 e. The van der Waals surface area contributed by atoms with Crippen molar-refractivity contribution in [2.24, 2.45) is 0 Å². The number of hydrogen-bond acceptors (Lipinski definition) is 4. The quantitative estimate of drug-likeness (QED) is 0.429. The highest BCUT2D eigenvalue weighted by Gasteiger charge is 2.30. The van der Waals surface area contributed by atoms with Crippen molar-refractivity contribution >= 4 is 34.1 Å². The van der Waals surface area contributed by atoms with Crippen LogP contribution in [-0.4, -0.2) is 49.3 Å². The Morgan fingerprint density at radius 1 is 1.15 bits per heavy atom. The molecule has 5 nitrogen and oxygen atoms in total. The van der Waals surface area contributed by atoms with Gasteiger partial charge in [-0.15, -0.1) is 0 Å². The van der Waals surface area contributed by atoms with Crippen LogP contribution in [0.15, 0.2) is 47.3 Å². The summed E-state index contributed by atoms with van der Waals surface area (Å²) in [7, 11) is 1.73. The minimum atomic E-state index is -0.0625. The van der Waals surface area contributed by atoms with E-state index in [0.717, 1.165) is 66.7 Å². The maximum absolute atomic E-state index is 12.3. The fourth-order valence-electron chi connectivity index (χ4n) is 4.76. The second kappa shape index (κ2) is 11.0. The number of hydrogen-bond donors (Lipinski definition) is 2. The van der Waals surface area contributed by atoms with Crippen LogP contribution < -0.4 is 10.9 Å². The summed E-state index contributed by atoms with van der Waals surface area (Å²) in [6, 6.07) is 14.3. The third-order valence-electron chi connectivity index (χ3n) is 6.55. The zero-order valence-electron chi connectivity index (χ0n) is 19.2. The van der Waals surface area contributed by atoms with Gasteiger partial charge in [-0.05, 0) is 60.5 Å². The number of aromatic nitrogens is 1. The summed E-state index contributed by atoms with van der Waals surface area (Å²) in [5.74, 6) is 0. The molecule has 1 aromatic heterocycles. The molecule has 2 aromatic carbocycles. The minimum Gasteiger partial charge on any atom is -0.383 e. The molecule has 7 heteroatoms. The van der Waals surface area contributed by atoms with E-state index in [1.165, 1.54) is 0 Å². The molecule has 0 radical (unpaired) electrons. The average Bonchev–Trinajstić information content (AvgIpc) is 2.82. The van der Waals surface area contributed by atoms with Crippen LogP contribution in [0.25, 0.3) is 10.9 Å². The summed E-state index contributed by atoms with van der Waals surface area (Å²) >= 11 is 13.4. The molecule has 0 saturated carbocycles. The van der Waals surface area contributed by atoms with Gasteiger partial charge in [0.05, 0.1) is 12.6 Å². The normalized spacial score (nSPS) is 16.4. The second-order valence-corrected chi connectivity index (χ2v) is 9.43. The zero-order chi connectivity index (χ0) is 23.4. The number of rotatable bonds is 8. The van der Waals surface area contributed by atoms with E-state index in [4.69, 9.17) is 27.9 Å². The largest absolute Gasteiger partial charge is 0.383 e. The van der Waals surface area contributed by atoms with Crippen LogP contribution in [0, 0.1) is 0 Å². The third kappa shape index (κ3) is 5.44. The first kappa shape index (κ1) is 24.2. The number of piperidine rings is 1. The van der Waals surface area contributed by atoms with Gasteiger partial charge in [-0.25, -0.2) is 0 Å². The Hall–Kier alpha value is -1.89. The Kier molecular flexibility index (Phi) is 8.10. The summed E-state index contributed by atoms with van der Waals surface area (Å²) in [6.45, 7) is 5.44. The SMILES string of the molecule is CCc1cc2cc(C(c3c(Cl)cccc3Cl)N3CCC(NCCOC)CC3)ccc2[nH]c1=O. The van der Waals surface area contributed by atoms with E-state index < -0.39 is 0 Å². The van der Waals surface area contributed by atoms with Crippen molar-refractivity contribution in [1.29, 1.82) is 0 Å². The zero-order valence-corrected chi connectivity index (χ0v) is 20.7. The van der Waals surface area contributed by atoms with E-state index in [0.29, 0.717) is 22.5 Å². The van der Waals surface area contributed by atoms with Crippen LogP contribution >= 0.6 is 23.2 Å². The van der Waals surface area contributed by atoms with E-state index in [1.54, 1.807) is 7.11 Å². The van der Waals surface area contributed by atoms with E-state index in [2.05, 4.69) is 27.3 Å². The van der Waals surface area contributed by atoms with Gasteiger partial charge in [-0.1, -0.05) is 42.3 Å². The molecule has 2 N–H and O–H groups in total. The van der Waals surface area contributed by atoms with E-state index in [-0.39, 0.29) is 11.6 Å². The van der Waals surface area contributed by atoms with Crippen LogP contribution in [0.1, 0.15) is 42.5 Å². The van der Waals surface area contributed by atoms with Crippen molar-refractivity contribution in [2.75, 3.05) is 33.4 Å². The van der Waals surface area contributed by atoms with Gasteiger partial charge in [0.2, 0.25) is 0 Å². The number of aryl methyl sites for hydroxylation is 1. The lowest BCUT2D eigenvalue weighted by molar-refractivity contribution is 0.152. The molecule has 2 heterocycles. The van der Waals surface area contributed by atoms with Gasteiger partial charge in [0.1, 0.15) is 0 Å². The summed E-state index contributed by atoms with van der Waals surface area (Å²) in [5, 5.41) is 5.95. The van der Waals surface area contributed by atoms with Crippen molar-refractivity contribution in [1.82, 2.24) is 15.2 Å². The molecule has 33 heavy (non-hydrogen) atoms. The molecule has 3 aromatic rings. The average molecular weight is 488 g/mol. The lowest BCUT2D eigenvalue weighted by Gasteiger charge is -2.39. The van der Waals surface area contributed by atoms with E-state index in [9.17, 15) is 4.79 Å². The molecule has 1 saturated heterocycles. The van der Waals surface area contributed by atoms with Crippen molar-refractivity contribution < 1.29 is 4.74 Å². The van der Waals surface area contributed by atoms with Crippen LogP contribution in [0.2, 0.25) is 10.0 Å². The first-order valence-electron chi connectivity index (χ1n) is 11.6. The first-order valence-corrected chi connectivity index (χ1v) is 12.3. The smallest absolute Gasteiger partial charge is 0.251 e. The standard InChI is InChI=1S/C26H31Cl2N3O2/c1-3-17-15-19-16-18(7-8-23(19)30-26(17)32)25(24-21(27)5-4-6-22(24)28)31-12-9-20(10-13-31)29-11-14-33-2/h4-8,15-16,20,25,29H,3,9-14H2,1-2H3,(H,30,32). The topological polar surface area (TPSA) is 57.4 Å². The second-order valence-electron chi connectivity index (χ2n) is 8.62. The number of ether oxygens (including phenoxy) is 1. The number of methoxy groups -OCH3 is 1. The maximum atomic E-state index is 12.3. The third-order valence-corrected chi connectivity index (χ3v) is 7.21. The number of fused-ring (bicyclic) bond motifs is 1. The van der Waals surface area contributed by atoms with Crippen LogP contribution in [0.5, 0.6) is 0 Å². The Morgan fingerprint density at radius 3 is 2.55 bits per heavy atom. The molecule has 176 valence electrons. The Bertz CT molecular complexity index is 1140. The monoisotopic (exact) mass is 487 g/mol. The molecule has 1 atom stereocenters. The molecule has 0 spiro atoms. The number of aromatic amines is 1. The number of likely N-dealkylation sites (tertiary alicyclic amines) is 1. The highest BCUT2D eigenvalue weighted by Crippen LogP contribution is 2.39. The van der Waals surface area contributed by atoms with Crippen molar-refractivity contribution in [3.8, 4) is 0 Å². The molecule has 0 bridgehead atoms. The van der Waals surface area contributed by atoms with Crippen LogP contribution in [0.3, 0.4) is 0 Å². The van der Waals surface area contributed by atoms with Gasteiger partial charge in [0.25, 0.3) is 5.56 Å². The number of H-pyrrole nitrogens is 1. The predicted octanol–water partition coefficient (Wildman–Crippen LogP) is 5.19. The van der Waals surface area contributed by atoms with Gasteiger partial charge in [0, 0.05) is 59.5 Å². The molecule has 4 rings (SSSR count). The van der Waals surface area contributed by atoms with E-state index in [1.807, 2.05) is 37.3 Å². The number of pyridine rings is 1. The molecule has 0 aliphatic carbocycles. The van der Waals surface area contributed by atoms with Gasteiger partial charge in [-0.3, -0.25) is 9.69 Å². The molecule has 1 aliphatic heterocycles. The van der Waals surface area contributed by atoms with Crippen molar-refractivity contribution in [2.45, 2.75) is 38.3 Å². The Labute approximate surface area is 205 Å². The minimum absolute atomic E-state index is 0.0218. The first-order chi connectivity index (χ1) is 16.0. The molecule has 1 unspecified atom stereocenters. The lowest BCUT2D eigenvalue weighted by Crippen LogP contribution is -2.45. The number of nitrogens with zero attached hydrogens (tertiary/aromatic N) is 1. The Morgan fingerprint density at radius 2 is 1.88 bits per heavy atom. The van der Waals surface area contributed by atoms with Gasteiger partial charge in [-0.2, -0.15) is 0 Å². The lowest BCUT2D eigenvalue weighted by atomic mass is 9.92. The van der Waals surface area contributed by atoms with Crippen LogP contribution in [0.4, 0.5) is 0 Å². The number of benzene rings is 2. The number of nitrogens with one attached hydrogen (secondary N) is 2. The number of halogens is 2. The predicted molar refractivity (Wildman–Crippen MR) is 137 cm³/mol. The fraction of sp³-hybridized carbons (Fsp3) is 0.423. The van der Waals surface area contributed by atoms with Crippen molar-refractivity contribution in [3.05, 3.63) is 79.6 Å². The summed E-state index contributed by atoms with van der Waals surface area (Å²) in [6.07, 6.45) is 2.78. The molecular weight excluding hydrogens is 457 g/mol. The fourth-order valence-corrected chi connectivity index (χ4v) is 5.37. The Balaban J connectivity index is 1.70. The van der Waals surface area contributed by atoms with E-state index >= 15 is 0 Å². The van der Waals surface area contributed by atoms with Crippen molar-refractivity contribution in [3.63, 3.8) is 0 Å². The molecule has 1 fully saturated rings. The molecule has 0 amide bonds. The van der Waals surface area contributed by atoms with Gasteiger partial charge in [0.15, 0.2) is 0 Å². The highest BCUT2D eigenvalue weighted by molar-refractivity contribution is 6.36. The van der Waals surface area contributed by atoms with Gasteiger partial charge >= 0.3 is 0 Å². The van der Waals surface area contributed by atoms with Crippen LogP contribution in [-0.2, 0) is 11.2 Å². The molecular formula is C26H31Cl2N3O2. The summed E-state index contributed by atoms with van der Waals surface area (Å²) in [5.41, 5.74) is 3.66. The summed E-state index contributed by atoms with van der Waals surface area (Å²) in [4.78, 5) is 17.7. The summed E-state index contributed by atoms with van der Waals surface area (Å²) < 4.78 is 5.17. The van der Waals surface area contributed by atoms with Gasteiger partial charge < -0.3 is 15.0 Å².